The van der Waals surface area contributed by atoms with Gasteiger partial charge in [-0.1, -0.05) is 54.4 Å². The largest absolute Gasteiger partial charge is 0.388 e. The lowest BCUT2D eigenvalue weighted by molar-refractivity contribution is -0.114. The minimum absolute atomic E-state index is 0.167. The molecule has 0 heterocycles. The molecule has 3 nitrogen and oxygen atoms in total. The Hall–Kier alpha value is -0.0600. The Morgan fingerprint density at radius 3 is 1.05 bits per heavy atom. The van der Waals surface area contributed by atoms with Crippen LogP contribution >= 0.6 is 11.8 Å². The van der Waals surface area contributed by atoms with E-state index in [-0.39, 0.29) is 5.78 Å². The van der Waals surface area contributed by atoms with Crippen molar-refractivity contribution >= 4 is 17.5 Å². The third-order valence-corrected chi connectivity index (χ3v) is 1.06. The average molecular weight is 342 g/mol. The molecule has 142 valence electrons. The number of ether oxygens (including phenoxy) is 1. The molecule has 0 aromatic rings. The van der Waals surface area contributed by atoms with Crippen molar-refractivity contribution in [3.05, 3.63) is 0 Å². The van der Waals surface area contributed by atoms with Crippen LogP contribution in [0.3, 0.4) is 0 Å². The van der Waals surface area contributed by atoms with Gasteiger partial charge in [0.2, 0.25) is 0 Å². The van der Waals surface area contributed by atoms with Gasteiger partial charge in [0.15, 0.2) is 0 Å². The van der Waals surface area contributed by atoms with Gasteiger partial charge in [0, 0.05) is 14.2 Å². The highest BCUT2D eigenvalue weighted by Gasteiger charge is 2.03. The van der Waals surface area contributed by atoms with E-state index in [2.05, 4.69) is 51.6 Å². The van der Waals surface area contributed by atoms with E-state index >= 15 is 0 Å². The third-order valence-electron chi connectivity index (χ3n) is 1.06. The molecular formula is C18H47NO2S. The van der Waals surface area contributed by atoms with E-state index in [1.54, 1.807) is 26.0 Å². The van der Waals surface area contributed by atoms with Gasteiger partial charge in [-0.3, -0.25) is 0 Å². The van der Waals surface area contributed by atoms with Crippen molar-refractivity contribution in [2.24, 2.45) is 5.41 Å². The van der Waals surface area contributed by atoms with Gasteiger partial charge in [-0.2, -0.15) is 11.8 Å². The molecule has 0 bridgehead atoms. The van der Waals surface area contributed by atoms with Gasteiger partial charge in [0.25, 0.3) is 0 Å². The van der Waals surface area contributed by atoms with E-state index in [1.807, 2.05) is 26.6 Å². The second-order valence-corrected chi connectivity index (χ2v) is 6.66. The van der Waals surface area contributed by atoms with Crippen molar-refractivity contribution in [1.82, 2.24) is 5.32 Å². The van der Waals surface area contributed by atoms with Gasteiger partial charge in [0.1, 0.15) is 5.78 Å². The Bertz CT molecular complexity index is 135. The van der Waals surface area contributed by atoms with Crippen molar-refractivity contribution in [1.29, 1.82) is 0 Å². The predicted octanol–water partition coefficient (Wildman–Crippen LogP) is 5.53. The molecule has 0 amide bonds. The minimum Gasteiger partial charge on any atom is -0.388 e. The number of carbonyl (C=O) groups excluding carboxylic acids is 1. The van der Waals surface area contributed by atoms with Crippen molar-refractivity contribution in [2.75, 3.05) is 40.8 Å². The zero-order chi connectivity index (χ0) is 19.6. The summed E-state index contributed by atoms with van der Waals surface area (Å²) in [7, 11) is 7.00. The summed E-state index contributed by atoms with van der Waals surface area (Å²) in [6, 6.07) is 0. The number of nitrogens with one attached hydrogen (secondary N) is 1. The molecule has 0 rings (SSSR count). The molecule has 0 saturated heterocycles. The Morgan fingerprint density at radius 2 is 1.05 bits per heavy atom. The van der Waals surface area contributed by atoms with Crippen LogP contribution in [0.2, 0.25) is 0 Å². The molecule has 0 aliphatic carbocycles. The van der Waals surface area contributed by atoms with Crippen LogP contribution in [0.1, 0.15) is 68.2 Å². The summed E-state index contributed by atoms with van der Waals surface area (Å²) in [5.74, 6) is 0.167. The normalized spacial score (nSPS) is 7.73. The first kappa shape index (κ1) is 37.9. The molecular weight excluding hydrogens is 294 g/mol. The molecule has 0 fully saturated rings. The summed E-state index contributed by atoms with van der Waals surface area (Å²) in [4.78, 5) is 9.44. The summed E-state index contributed by atoms with van der Waals surface area (Å²) in [5.41, 5.74) is 0.542. The van der Waals surface area contributed by atoms with Crippen molar-refractivity contribution < 1.29 is 9.53 Å². The van der Waals surface area contributed by atoms with E-state index in [1.165, 1.54) is 26.7 Å². The van der Waals surface area contributed by atoms with Crippen molar-refractivity contribution in [2.45, 2.75) is 68.2 Å². The fourth-order valence-corrected chi connectivity index (χ4v) is 0. The van der Waals surface area contributed by atoms with Crippen LogP contribution < -0.4 is 5.32 Å². The maximum absolute atomic E-state index is 9.44. The van der Waals surface area contributed by atoms with Gasteiger partial charge in [0.05, 0.1) is 0 Å². The molecule has 1 N–H and O–H groups in total. The monoisotopic (exact) mass is 341 g/mol. The Balaban J connectivity index is -0.0000000360. The van der Waals surface area contributed by atoms with Gasteiger partial charge in [-0.05, 0) is 45.9 Å². The van der Waals surface area contributed by atoms with Crippen LogP contribution in [0, 0.1) is 5.41 Å². The molecule has 0 aromatic heterocycles. The van der Waals surface area contributed by atoms with Crippen molar-refractivity contribution in [3.8, 4) is 0 Å². The first-order chi connectivity index (χ1) is 9.95. The number of thioether (sulfide) groups is 1. The fraction of sp³-hybridized carbons (Fsp3) is 0.944. The van der Waals surface area contributed by atoms with Crippen LogP contribution in [-0.4, -0.2) is 46.6 Å². The SMILES string of the molecule is CC(C)=O.CCC.CCC(C)(C)C.CNC.COC.CSC. The van der Waals surface area contributed by atoms with Gasteiger partial charge >= 0.3 is 0 Å². The molecule has 0 saturated carbocycles. The summed E-state index contributed by atoms with van der Waals surface area (Å²) < 4.78 is 4.25. The number of carbonyl (C=O) groups is 1. The van der Waals surface area contributed by atoms with Crippen LogP contribution in [0.4, 0.5) is 0 Å². The molecule has 22 heavy (non-hydrogen) atoms. The molecule has 0 unspecified atom stereocenters. The highest BCUT2D eigenvalue weighted by atomic mass is 32.2. The summed E-state index contributed by atoms with van der Waals surface area (Å²) in [6.45, 7) is 16.2. The number of hydrogen-bond donors (Lipinski definition) is 1. The fourth-order valence-electron chi connectivity index (χ4n) is 0. The lowest BCUT2D eigenvalue weighted by Crippen LogP contribution is -2.00. The van der Waals surface area contributed by atoms with E-state index in [4.69, 9.17) is 0 Å². The molecule has 0 radical (unpaired) electrons. The Kier molecular flexibility index (Phi) is 73.7. The quantitative estimate of drug-likeness (QED) is 0.628. The minimum atomic E-state index is 0.167. The maximum Gasteiger partial charge on any atom is 0.126 e. The Morgan fingerprint density at radius 1 is 1.00 bits per heavy atom. The van der Waals surface area contributed by atoms with Crippen LogP contribution in [-0.2, 0) is 9.53 Å². The van der Waals surface area contributed by atoms with E-state index in [0.717, 1.165) is 0 Å². The third kappa shape index (κ3) is 828. The molecule has 0 aliphatic rings. The zero-order valence-electron chi connectivity index (χ0n) is 18.1. The summed E-state index contributed by atoms with van der Waals surface area (Å²) in [6.07, 6.45) is 6.60. The molecule has 0 aromatic carbocycles. The number of ketones is 1. The standard InChI is InChI=1S/C6H14.C3H6O.C3H8.C2H7N.C2H6O.C2H6S/c1-5-6(2,3)4;1-3(2)4;4*1-3-2/h5H2,1-4H3;1-2H3;3H2,1-2H3;3H,1-2H3;2*1-2H3. The highest BCUT2D eigenvalue weighted by molar-refractivity contribution is 7.97. The van der Waals surface area contributed by atoms with Gasteiger partial charge in [-0.15, -0.1) is 0 Å². The van der Waals surface area contributed by atoms with Gasteiger partial charge < -0.3 is 14.8 Å². The second-order valence-electron chi connectivity index (χ2n) is 5.85. The van der Waals surface area contributed by atoms with E-state index in [9.17, 15) is 4.79 Å². The topological polar surface area (TPSA) is 38.3 Å². The maximum atomic E-state index is 9.44. The molecule has 0 atom stereocenters. The van der Waals surface area contributed by atoms with E-state index < -0.39 is 0 Å². The first-order valence-corrected chi connectivity index (χ1v) is 9.44. The molecule has 0 spiro atoms. The van der Waals surface area contributed by atoms with Crippen LogP contribution in [0.15, 0.2) is 0 Å². The van der Waals surface area contributed by atoms with Gasteiger partial charge in [-0.25, -0.2) is 0 Å². The predicted molar refractivity (Wildman–Crippen MR) is 109 cm³/mol. The Labute approximate surface area is 147 Å². The number of rotatable bonds is 0. The highest BCUT2D eigenvalue weighted by Crippen LogP contribution is 2.16. The van der Waals surface area contributed by atoms with Crippen molar-refractivity contribution in [3.63, 3.8) is 0 Å². The number of methoxy groups -OCH3 is 1. The second kappa shape index (κ2) is 42.8. The van der Waals surface area contributed by atoms with Crippen LogP contribution in [0.25, 0.3) is 0 Å². The number of Topliss-reactive ketones (excluding diaryl/α,β-unsaturated/α-hetero) is 1. The summed E-state index contributed by atoms with van der Waals surface area (Å²) in [5, 5.41) is 2.75. The smallest absolute Gasteiger partial charge is 0.126 e. The zero-order valence-corrected chi connectivity index (χ0v) is 19.0. The lowest BCUT2D eigenvalue weighted by atomic mass is 9.94. The lowest BCUT2D eigenvalue weighted by Gasteiger charge is -2.12. The molecule has 4 heteroatoms. The summed E-state index contributed by atoms with van der Waals surface area (Å²) >= 11 is 1.75. The van der Waals surface area contributed by atoms with E-state index in [0.29, 0.717) is 5.41 Å². The number of hydrogen-bond acceptors (Lipinski definition) is 4. The molecule has 0 aliphatic heterocycles. The van der Waals surface area contributed by atoms with Crippen LogP contribution in [0.5, 0.6) is 0 Å². The average Bonchev–Trinajstić information content (AvgIpc) is 2.31. The first-order valence-electron chi connectivity index (χ1n) is 7.81.